The minimum Gasteiger partial charge on any atom is -0.493 e. The smallest absolute Gasteiger partial charge is 0.122 e. The summed E-state index contributed by atoms with van der Waals surface area (Å²) < 4.78 is 5.53. The number of fused-ring (bicyclic) bond motifs is 1. The minimum absolute atomic E-state index is 0.351. The zero-order valence-corrected chi connectivity index (χ0v) is 11.9. The second kappa shape index (κ2) is 5.72. The van der Waals surface area contributed by atoms with E-state index in [-0.39, 0.29) is 0 Å². The molecule has 0 saturated carbocycles. The first kappa shape index (κ1) is 12.6. The van der Waals surface area contributed by atoms with E-state index >= 15 is 0 Å². The number of aromatic nitrogens is 1. The molecule has 0 amide bonds. The summed E-state index contributed by atoms with van der Waals surface area (Å²) in [5, 5.41) is 6.79. The molecular formula is C15H18N2OS. The van der Waals surface area contributed by atoms with Gasteiger partial charge in [0, 0.05) is 24.5 Å². The molecule has 0 radical (unpaired) electrons. The van der Waals surface area contributed by atoms with Gasteiger partial charge in [0.05, 0.1) is 12.6 Å². The molecule has 4 heteroatoms. The number of hydrogen-bond donors (Lipinski definition) is 1. The van der Waals surface area contributed by atoms with Crippen molar-refractivity contribution >= 4 is 11.3 Å². The summed E-state index contributed by atoms with van der Waals surface area (Å²) in [5.74, 6) is 1.05. The minimum atomic E-state index is 0.351. The van der Waals surface area contributed by atoms with Crippen LogP contribution in [0.5, 0.6) is 5.75 Å². The van der Waals surface area contributed by atoms with E-state index in [1.807, 2.05) is 11.6 Å². The molecule has 1 aliphatic heterocycles. The van der Waals surface area contributed by atoms with Crippen LogP contribution >= 0.6 is 11.3 Å². The van der Waals surface area contributed by atoms with Gasteiger partial charge in [0.2, 0.25) is 0 Å². The van der Waals surface area contributed by atoms with E-state index in [1.54, 1.807) is 11.3 Å². The second-order valence-electron chi connectivity index (χ2n) is 4.75. The number of rotatable bonds is 5. The summed E-state index contributed by atoms with van der Waals surface area (Å²) in [7, 11) is 0. The average molecular weight is 274 g/mol. The normalized spacial score (nSPS) is 15.0. The predicted octanol–water partition coefficient (Wildman–Crippen LogP) is 3.32. The Balaban J connectivity index is 1.65. The Kier molecular flexibility index (Phi) is 3.80. The van der Waals surface area contributed by atoms with Crippen LogP contribution in [0.1, 0.15) is 35.5 Å². The summed E-state index contributed by atoms with van der Waals surface area (Å²) in [6.07, 6.45) is 3.96. The number of ether oxygens (including phenoxy) is 1. The average Bonchev–Trinajstić information content (AvgIpc) is 3.10. The van der Waals surface area contributed by atoms with Crippen molar-refractivity contribution < 1.29 is 4.74 Å². The van der Waals surface area contributed by atoms with Crippen molar-refractivity contribution in [3.05, 3.63) is 45.9 Å². The lowest BCUT2D eigenvalue weighted by molar-refractivity contribution is 0.357. The van der Waals surface area contributed by atoms with E-state index in [1.165, 1.54) is 16.1 Å². The molecule has 0 spiro atoms. The maximum atomic E-state index is 5.53. The molecule has 1 aliphatic rings. The standard InChI is InChI=1S/C15H18N2OS/c1-2-13(15-16-6-8-19-15)17-10-11-3-4-14-12(9-11)5-7-18-14/h3-4,6,8-9,13,17H,2,5,7,10H2,1H3. The lowest BCUT2D eigenvalue weighted by Crippen LogP contribution is -2.20. The molecule has 100 valence electrons. The van der Waals surface area contributed by atoms with E-state index in [2.05, 4.69) is 35.4 Å². The molecular weight excluding hydrogens is 256 g/mol. The van der Waals surface area contributed by atoms with Crippen LogP contribution in [0, 0.1) is 0 Å². The van der Waals surface area contributed by atoms with Gasteiger partial charge in [0.25, 0.3) is 0 Å². The fourth-order valence-corrected chi connectivity index (χ4v) is 3.20. The highest BCUT2D eigenvalue weighted by Gasteiger charge is 2.14. The monoisotopic (exact) mass is 274 g/mol. The Hall–Kier alpha value is -1.39. The first-order chi connectivity index (χ1) is 9.36. The van der Waals surface area contributed by atoms with Gasteiger partial charge in [0.15, 0.2) is 0 Å². The lowest BCUT2D eigenvalue weighted by Gasteiger charge is -2.14. The zero-order chi connectivity index (χ0) is 13.1. The van der Waals surface area contributed by atoms with Gasteiger partial charge in [-0.1, -0.05) is 19.1 Å². The molecule has 2 aromatic rings. The number of hydrogen-bond acceptors (Lipinski definition) is 4. The van der Waals surface area contributed by atoms with Crippen molar-refractivity contribution in [2.75, 3.05) is 6.61 Å². The van der Waals surface area contributed by atoms with Crippen LogP contribution in [0.15, 0.2) is 29.8 Å². The summed E-state index contributed by atoms with van der Waals surface area (Å²) in [6, 6.07) is 6.84. The zero-order valence-electron chi connectivity index (χ0n) is 11.1. The first-order valence-electron chi connectivity index (χ1n) is 6.74. The van der Waals surface area contributed by atoms with Gasteiger partial charge in [0.1, 0.15) is 10.8 Å². The molecule has 3 rings (SSSR count). The van der Waals surface area contributed by atoms with E-state index < -0.39 is 0 Å². The maximum absolute atomic E-state index is 5.53. The topological polar surface area (TPSA) is 34.1 Å². The van der Waals surface area contributed by atoms with Gasteiger partial charge < -0.3 is 10.1 Å². The SMILES string of the molecule is CCC(NCc1ccc2c(c1)CCO2)c1nccs1. The summed E-state index contributed by atoms with van der Waals surface area (Å²) in [6.45, 7) is 3.89. The van der Waals surface area contributed by atoms with Crippen molar-refractivity contribution in [3.8, 4) is 5.75 Å². The highest BCUT2D eigenvalue weighted by atomic mass is 32.1. The fourth-order valence-electron chi connectivity index (χ4n) is 2.40. The summed E-state index contributed by atoms with van der Waals surface area (Å²) in [5.41, 5.74) is 2.65. The Morgan fingerprint density at radius 3 is 3.21 bits per heavy atom. The molecule has 0 fully saturated rings. The number of benzene rings is 1. The van der Waals surface area contributed by atoms with Crippen LogP contribution in [0.4, 0.5) is 0 Å². The van der Waals surface area contributed by atoms with Crippen LogP contribution in [0.2, 0.25) is 0 Å². The van der Waals surface area contributed by atoms with Gasteiger partial charge in [-0.15, -0.1) is 11.3 Å². The third-order valence-corrected chi connectivity index (χ3v) is 4.35. The lowest BCUT2D eigenvalue weighted by atomic mass is 10.1. The Bertz CT molecular complexity index is 539. The molecule has 0 aliphatic carbocycles. The van der Waals surface area contributed by atoms with E-state index in [0.717, 1.165) is 31.7 Å². The van der Waals surface area contributed by atoms with Crippen molar-refractivity contribution in [1.29, 1.82) is 0 Å². The molecule has 0 bridgehead atoms. The maximum Gasteiger partial charge on any atom is 0.122 e. The molecule has 19 heavy (non-hydrogen) atoms. The Morgan fingerprint density at radius 2 is 2.42 bits per heavy atom. The number of nitrogens with one attached hydrogen (secondary N) is 1. The number of nitrogens with zero attached hydrogens (tertiary/aromatic N) is 1. The molecule has 2 heterocycles. The third kappa shape index (κ3) is 2.80. The van der Waals surface area contributed by atoms with E-state index in [0.29, 0.717) is 6.04 Å². The second-order valence-corrected chi connectivity index (χ2v) is 5.68. The predicted molar refractivity (Wildman–Crippen MR) is 77.6 cm³/mol. The van der Waals surface area contributed by atoms with Crippen LogP contribution < -0.4 is 10.1 Å². The fraction of sp³-hybridized carbons (Fsp3) is 0.400. The van der Waals surface area contributed by atoms with Crippen LogP contribution in [-0.2, 0) is 13.0 Å². The third-order valence-electron chi connectivity index (χ3n) is 3.46. The van der Waals surface area contributed by atoms with Crippen LogP contribution in [-0.4, -0.2) is 11.6 Å². The van der Waals surface area contributed by atoms with Crippen molar-refractivity contribution in [3.63, 3.8) is 0 Å². The van der Waals surface area contributed by atoms with Crippen LogP contribution in [0.25, 0.3) is 0 Å². The van der Waals surface area contributed by atoms with Gasteiger partial charge in [-0.2, -0.15) is 0 Å². The van der Waals surface area contributed by atoms with Crippen molar-refractivity contribution in [2.24, 2.45) is 0 Å². The van der Waals surface area contributed by atoms with Crippen molar-refractivity contribution in [2.45, 2.75) is 32.4 Å². The summed E-state index contributed by atoms with van der Waals surface area (Å²) >= 11 is 1.72. The van der Waals surface area contributed by atoms with Gasteiger partial charge in [-0.3, -0.25) is 0 Å². The Labute approximate surface area is 117 Å². The largest absolute Gasteiger partial charge is 0.493 e. The summed E-state index contributed by atoms with van der Waals surface area (Å²) in [4.78, 5) is 4.39. The highest BCUT2D eigenvalue weighted by Crippen LogP contribution is 2.26. The molecule has 1 aromatic carbocycles. The molecule has 0 saturated heterocycles. The highest BCUT2D eigenvalue weighted by molar-refractivity contribution is 7.09. The first-order valence-corrected chi connectivity index (χ1v) is 7.62. The Morgan fingerprint density at radius 1 is 1.47 bits per heavy atom. The molecule has 1 atom stereocenters. The van der Waals surface area contributed by atoms with Gasteiger partial charge >= 0.3 is 0 Å². The molecule has 1 unspecified atom stereocenters. The van der Waals surface area contributed by atoms with Crippen LogP contribution in [0.3, 0.4) is 0 Å². The van der Waals surface area contributed by atoms with E-state index in [4.69, 9.17) is 4.74 Å². The van der Waals surface area contributed by atoms with Gasteiger partial charge in [-0.25, -0.2) is 4.98 Å². The number of thiazole rings is 1. The molecule has 1 aromatic heterocycles. The molecule has 1 N–H and O–H groups in total. The van der Waals surface area contributed by atoms with Crippen molar-refractivity contribution in [1.82, 2.24) is 10.3 Å². The van der Waals surface area contributed by atoms with E-state index in [9.17, 15) is 0 Å². The van der Waals surface area contributed by atoms with Gasteiger partial charge in [-0.05, 0) is 23.6 Å². The molecule has 3 nitrogen and oxygen atoms in total. The quantitative estimate of drug-likeness (QED) is 0.908.